The molecule has 0 saturated carbocycles. The fraction of sp³-hybridized carbons (Fsp3) is 0.190. The van der Waals surface area contributed by atoms with E-state index < -0.39 is 0 Å². The Morgan fingerprint density at radius 1 is 1.07 bits per heavy atom. The third kappa shape index (κ3) is 4.65. The zero-order valence-corrected chi connectivity index (χ0v) is 16.3. The van der Waals surface area contributed by atoms with Gasteiger partial charge in [0.25, 0.3) is 5.56 Å². The Morgan fingerprint density at radius 2 is 1.81 bits per heavy atom. The summed E-state index contributed by atoms with van der Waals surface area (Å²) in [6.07, 6.45) is 0. The van der Waals surface area contributed by atoms with Gasteiger partial charge in [-0.05, 0) is 44.5 Å². The summed E-state index contributed by atoms with van der Waals surface area (Å²) < 4.78 is 1.53. The van der Waals surface area contributed by atoms with E-state index in [1.807, 2.05) is 62.4 Å². The number of carbonyl (C=O) groups excluding carboxylic acids is 1. The van der Waals surface area contributed by atoms with Gasteiger partial charge in [-0.1, -0.05) is 47.7 Å². The largest absolute Gasteiger partial charge is 0.325 e. The molecule has 3 rings (SSSR count). The first-order valence-electron chi connectivity index (χ1n) is 8.60. The molecule has 6 heteroatoms. The molecule has 0 aliphatic rings. The zero-order chi connectivity index (χ0) is 19.4. The maximum Gasteiger partial charge on any atom is 0.258 e. The molecule has 0 spiro atoms. The first kappa shape index (κ1) is 18.9. The van der Waals surface area contributed by atoms with Crippen LogP contribution in [0.15, 0.2) is 64.5 Å². The highest BCUT2D eigenvalue weighted by atomic mass is 32.2. The van der Waals surface area contributed by atoms with Crippen LogP contribution in [0.4, 0.5) is 5.69 Å². The normalized spacial score (nSPS) is 10.6. The third-order valence-electron chi connectivity index (χ3n) is 4.02. The smallest absolute Gasteiger partial charge is 0.258 e. The molecule has 5 nitrogen and oxygen atoms in total. The minimum atomic E-state index is -0.161. The van der Waals surface area contributed by atoms with E-state index in [4.69, 9.17) is 0 Å². The van der Waals surface area contributed by atoms with Gasteiger partial charge in [0.1, 0.15) is 0 Å². The van der Waals surface area contributed by atoms with Gasteiger partial charge in [-0.2, -0.15) is 0 Å². The second-order valence-electron chi connectivity index (χ2n) is 6.34. The third-order valence-corrected chi connectivity index (χ3v) is 4.96. The number of aryl methyl sites for hydroxylation is 3. The van der Waals surface area contributed by atoms with E-state index in [0.29, 0.717) is 10.9 Å². The van der Waals surface area contributed by atoms with Crippen molar-refractivity contribution < 1.29 is 4.79 Å². The Balaban J connectivity index is 1.79. The molecule has 138 valence electrons. The van der Waals surface area contributed by atoms with E-state index in [2.05, 4.69) is 10.3 Å². The summed E-state index contributed by atoms with van der Waals surface area (Å²) in [5, 5.41) is 3.42. The van der Waals surface area contributed by atoms with Crippen molar-refractivity contribution in [2.24, 2.45) is 0 Å². The molecule has 1 aromatic heterocycles. The number of para-hydroxylation sites is 1. The van der Waals surface area contributed by atoms with Crippen LogP contribution in [0.5, 0.6) is 0 Å². The number of hydrogen-bond acceptors (Lipinski definition) is 4. The van der Waals surface area contributed by atoms with E-state index in [-0.39, 0.29) is 17.2 Å². The summed E-state index contributed by atoms with van der Waals surface area (Å²) in [5.74, 6) is 0.0260. The van der Waals surface area contributed by atoms with Crippen LogP contribution in [-0.4, -0.2) is 21.2 Å². The zero-order valence-electron chi connectivity index (χ0n) is 15.5. The molecule has 0 unspecified atom stereocenters. The molecule has 2 aromatic carbocycles. The van der Waals surface area contributed by atoms with E-state index in [9.17, 15) is 9.59 Å². The Labute approximate surface area is 162 Å². The molecule has 0 radical (unpaired) electrons. The Kier molecular flexibility index (Phi) is 5.76. The van der Waals surface area contributed by atoms with Gasteiger partial charge in [-0.15, -0.1) is 0 Å². The van der Waals surface area contributed by atoms with Crippen LogP contribution in [-0.2, 0) is 4.79 Å². The number of benzene rings is 2. The summed E-state index contributed by atoms with van der Waals surface area (Å²) in [6, 6.07) is 16.7. The number of thioether (sulfide) groups is 1. The minimum Gasteiger partial charge on any atom is -0.325 e. The van der Waals surface area contributed by atoms with Crippen molar-refractivity contribution in [2.75, 3.05) is 11.1 Å². The molecular weight excluding hydrogens is 358 g/mol. The average Bonchev–Trinajstić information content (AvgIpc) is 2.62. The molecule has 0 atom stereocenters. The predicted octanol–water partition coefficient (Wildman–Crippen LogP) is 3.89. The Hall–Kier alpha value is -2.86. The van der Waals surface area contributed by atoms with E-state index in [0.717, 1.165) is 22.5 Å². The molecule has 0 aliphatic carbocycles. The number of nitrogens with zero attached hydrogens (tertiary/aromatic N) is 2. The van der Waals surface area contributed by atoms with Crippen molar-refractivity contribution in [3.8, 4) is 5.69 Å². The Morgan fingerprint density at radius 3 is 2.52 bits per heavy atom. The lowest BCUT2D eigenvalue weighted by Crippen LogP contribution is -2.22. The molecule has 1 amide bonds. The summed E-state index contributed by atoms with van der Waals surface area (Å²) in [6.45, 7) is 5.75. The van der Waals surface area contributed by atoms with E-state index in [1.165, 1.54) is 22.4 Å². The molecule has 27 heavy (non-hydrogen) atoms. The van der Waals surface area contributed by atoms with Crippen molar-refractivity contribution in [1.82, 2.24) is 9.55 Å². The summed E-state index contributed by atoms with van der Waals surface area (Å²) in [4.78, 5) is 29.3. The van der Waals surface area contributed by atoms with Crippen molar-refractivity contribution in [2.45, 2.75) is 25.9 Å². The number of amides is 1. The molecule has 0 fully saturated rings. The Bertz CT molecular complexity index is 1030. The molecule has 0 aliphatic heterocycles. The first-order valence-corrected chi connectivity index (χ1v) is 9.58. The number of anilines is 1. The van der Waals surface area contributed by atoms with Crippen LogP contribution < -0.4 is 10.9 Å². The van der Waals surface area contributed by atoms with Gasteiger partial charge in [0.15, 0.2) is 5.16 Å². The van der Waals surface area contributed by atoms with Crippen molar-refractivity contribution >= 4 is 23.4 Å². The van der Waals surface area contributed by atoms with Gasteiger partial charge in [-0.25, -0.2) is 4.98 Å². The fourth-order valence-electron chi connectivity index (χ4n) is 2.75. The number of hydrogen-bond donors (Lipinski definition) is 1. The van der Waals surface area contributed by atoms with Gasteiger partial charge < -0.3 is 5.32 Å². The van der Waals surface area contributed by atoms with Gasteiger partial charge in [-0.3, -0.25) is 14.2 Å². The van der Waals surface area contributed by atoms with Crippen molar-refractivity contribution in [3.05, 3.63) is 81.8 Å². The topological polar surface area (TPSA) is 64.0 Å². The molecule has 3 aromatic rings. The van der Waals surface area contributed by atoms with Crippen LogP contribution >= 0.6 is 11.8 Å². The van der Waals surface area contributed by atoms with Gasteiger partial charge in [0.05, 0.1) is 11.4 Å². The second-order valence-corrected chi connectivity index (χ2v) is 7.29. The maximum absolute atomic E-state index is 12.5. The lowest BCUT2D eigenvalue weighted by molar-refractivity contribution is -0.113. The number of aromatic nitrogens is 2. The SMILES string of the molecule is Cc1ccc(NC(=O)CSc2nc(C)cc(=O)n2-c2ccccc2)c(C)c1. The molecule has 0 saturated heterocycles. The van der Waals surface area contributed by atoms with E-state index in [1.54, 1.807) is 6.92 Å². The molecule has 0 bridgehead atoms. The highest BCUT2D eigenvalue weighted by Gasteiger charge is 2.13. The lowest BCUT2D eigenvalue weighted by Gasteiger charge is -2.13. The predicted molar refractivity (Wildman–Crippen MR) is 110 cm³/mol. The molecular formula is C21H21N3O2S. The van der Waals surface area contributed by atoms with Crippen molar-refractivity contribution in [1.29, 1.82) is 0 Å². The maximum atomic E-state index is 12.5. The van der Waals surface area contributed by atoms with Crippen LogP contribution in [0.3, 0.4) is 0 Å². The fourth-order valence-corrected chi connectivity index (χ4v) is 3.62. The second kappa shape index (κ2) is 8.22. The average molecular weight is 379 g/mol. The van der Waals surface area contributed by atoms with Gasteiger partial charge in [0.2, 0.25) is 5.91 Å². The summed E-state index contributed by atoms with van der Waals surface area (Å²) in [7, 11) is 0. The number of carbonyl (C=O) groups is 1. The summed E-state index contributed by atoms with van der Waals surface area (Å²) >= 11 is 1.25. The first-order chi connectivity index (χ1) is 12.9. The summed E-state index contributed by atoms with van der Waals surface area (Å²) in [5.41, 5.74) is 4.16. The minimum absolute atomic E-state index is 0.137. The number of rotatable bonds is 5. The van der Waals surface area contributed by atoms with Crippen LogP contribution in [0.1, 0.15) is 16.8 Å². The quantitative estimate of drug-likeness (QED) is 0.540. The standard InChI is InChI=1S/C21H21N3O2S/c1-14-9-10-18(15(2)11-14)23-19(25)13-27-21-22-16(3)12-20(26)24(21)17-7-5-4-6-8-17/h4-12H,13H2,1-3H3,(H,23,25). The highest BCUT2D eigenvalue weighted by Crippen LogP contribution is 2.20. The van der Waals surface area contributed by atoms with Crippen LogP contribution in [0, 0.1) is 20.8 Å². The van der Waals surface area contributed by atoms with Crippen molar-refractivity contribution in [3.63, 3.8) is 0 Å². The highest BCUT2D eigenvalue weighted by molar-refractivity contribution is 7.99. The monoisotopic (exact) mass is 379 g/mol. The van der Waals surface area contributed by atoms with Gasteiger partial charge in [0, 0.05) is 17.4 Å². The molecule has 1 N–H and O–H groups in total. The molecule has 1 heterocycles. The van der Waals surface area contributed by atoms with E-state index >= 15 is 0 Å². The van der Waals surface area contributed by atoms with Crippen LogP contribution in [0.2, 0.25) is 0 Å². The lowest BCUT2D eigenvalue weighted by atomic mass is 10.1. The number of nitrogens with one attached hydrogen (secondary N) is 1. The van der Waals surface area contributed by atoms with Gasteiger partial charge >= 0.3 is 0 Å². The van der Waals surface area contributed by atoms with Crippen LogP contribution in [0.25, 0.3) is 5.69 Å².